The van der Waals surface area contributed by atoms with Gasteiger partial charge in [0, 0.05) is 5.69 Å². The van der Waals surface area contributed by atoms with E-state index >= 15 is 0 Å². The first-order chi connectivity index (χ1) is 6.54. The fraction of sp³-hybridized carbons (Fsp3) is 0.455. The Morgan fingerprint density at radius 3 is 2.57 bits per heavy atom. The number of hydrogen-bond donors (Lipinski definition) is 1. The van der Waals surface area contributed by atoms with Crippen molar-refractivity contribution >= 4 is 18.4 Å². The minimum absolute atomic E-state index is 0.495. The van der Waals surface area contributed by atoms with Crippen LogP contribution in [0.2, 0.25) is 0 Å². The van der Waals surface area contributed by atoms with Crippen LogP contribution in [0.5, 0.6) is 0 Å². The summed E-state index contributed by atoms with van der Waals surface area (Å²) in [6, 6.07) is 2.12. The standard InChI is InChI=1S/C11H17N3/c1-7(2)10-6-8(3)11(14-10)13-9(4)12-5/h6-7,14H,5H2,1-4H3/b13-9-. The highest BCUT2D eigenvalue weighted by atomic mass is 15.0. The molecule has 0 saturated carbocycles. The quantitative estimate of drug-likeness (QED) is 0.551. The van der Waals surface area contributed by atoms with Crippen LogP contribution in [0.1, 0.15) is 37.9 Å². The molecule has 0 aromatic carbocycles. The van der Waals surface area contributed by atoms with Crippen molar-refractivity contribution in [3.05, 3.63) is 17.3 Å². The summed E-state index contributed by atoms with van der Waals surface area (Å²) in [6.45, 7) is 11.6. The molecule has 0 aliphatic carbocycles. The molecule has 0 fully saturated rings. The van der Waals surface area contributed by atoms with E-state index in [0.29, 0.717) is 11.8 Å². The minimum Gasteiger partial charge on any atom is -0.343 e. The van der Waals surface area contributed by atoms with Gasteiger partial charge in [-0.2, -0.15) is 0 Å². The largest absolute Gasteiger partial charge is 0.343 e. The Bertz CT molecular complexity index is 359. The van der Waals surface area contributed by atoms with Crippen molar-refractivity contribution in [2.24, 2.45) is 9.98 Å². The molecule has 0 aliphatic heterocycles. The molecule has 0 amide bonds. The van der Waals surface area contributed by atoms with Gasteiger partial charge < -0.3 is 4.98 Å². The zero-order valence-electron chi connectivity index (χ0n) is 9.26. The normalized spacial score (nSPS) is 12.2. The second kappa shape index (κ2) is 4.22. The van der Waals surface area contributed by atoms with Crippen molar-refractivity contribution < 1.29 is 0 Å². The first kappa shape index (κ1) is 10.7. The predicted molar refractivity (Wildman–Crippen MR) is 61.9 cm³/mol. The van der Waals surface area contributed by atoms with Gasteiger partial charge in [0.05, 0.1) is 0 Å². The van der Waals surface area contributed by atoms with Gasteiger partial charge in [0.25, 0.3) is 0 Å². The number of rotatable bonds is 2. The third-order valence-corrected chi connectivity index (χ3v) is 2.13. The Balaban J connectivity index is 3.04. The molecule has 1 aromatic heterocycles. The third-order valence-electron chi connectivity index (χ3n) is 2.13. The van der Waals surface area contributed by atoms with Crippen LogP contribution in [0.15, 0.2) is 16.1 Å². The number of aromatic nitrogens is 1. The number of aryl methyl sites for hydroxylation is 1. The predicted octanol–water partition coefficient (Wildman–Crippen LogP) is 3.20. The SMILES string of the molecule is C=N/C(C)=N\c1[nH]c(C(C)C)cc1C. The van der Waals surface area contributed by atoms with Gasteiger partial charge >= 0.3 is 0 Å². The van der Waals surface area contributed by atoms with Gasteiger partial charge in [0.2, 0.25) is 0 Å². The van der Waals surface area contributed by atoms with Crippen molar-refractivity contribution in [2.75, 3.05) is 0 Å². The van der Waals surface area contributed by atoms with E-state index in [-0.39, 0.29) is 0 Å². The van der Waals surface area contributed by atoms with Gasteiger partial charge in [-0.1, -0.05) is 13.8 Å². The summed E-state index contributed by atoms with van der Waals surface area (Å²) in [5.41, 5.74) is 2.36. The lowest BCUT2D eigenvalue weighted by atomic mass is 10.1. The van der Waals surface area contributed by atoms with E-state index in [1.54, 1.807) is 0 Å². The summed E-state index contributed by atoms with van der Waals surface area (Å²) < 4.78 is 0. The Kier molecular flexibility index (Phi) is 3.23. The van der Waals surface area contributed by atoms with E-state index in [9.17, 15) is 0 Å². The Morgan fingerprint density at radius 2 is 2.14 bits per heavy atom. The number of nitrogens with zero attached hydrogens (tertiary/aromatic N) is 2. The van der Waals surface area contributed by atoms with Crippen LogP contribution >= 0.6 is 0 Å². The van der Waals surface area contributed by atoms with Gasteiger partial charge in [-0.3, -0.25) is 0 Å². The highest BCUT2D eigenvalue weighted by Gasteiger charge is 2.06. The van der Waals surface area contributed by atoms with Crippen LogP contribution in [0.25, 0.3) is 0 Å². The highest BCUT2D eigenvalue weighted by Crippen LogP contribution is 2.23. The zero-order chi connectivity index (χ0) is 10.7. The van der Waals surface area contributed by atoms with Crippen molar-refractivity contribution in [1.29, 1.82) is 0 Å². The first-order valence-electron chi connectivity index (χ1n) is 4.76. The molecular formula is C11H17N3. The zero-order valence-corrected chi connectivity index (χ0v) is 9.26. The second-order valence-electron chi connectivity index (χ2n) is 3.73. The molecule has 0 aliphatic rings. The number of nitrogens with one attached hydrogen (secondary N) is 1. The monoisotopic (exact) mass is 191 g/mol. The van der Waals surface area contributed by atoms with Crippen molar-refractivity contribution in [2.45, 2.75) is 33.6 Å². The van der Waals surface area contributed by atoms with E-state index in [0.717, 1.165) is 11.4 Å². The summed E-state index contributed by atoms with van der Waals surface area (Å²) in [5.74, 6) is 2.07. The summed E-state index contributed by atoms with van der Waals surface area (Å²) >= 11 is 0. The van der Waals surface area contributed by atoms with Crippen molar-refractivity contribution in [3.8, 4) is 0 Å². The molecule has 1 N–H and O–H groups in total. The minimum atomic E-state index is 0.495. The number of aromatic amines is 1. The van der Waals surface area contributed by atoms with E-state index in [1.165, 1.54) is 5.69 Å². The molecule has 0 saturated heterocycles. The molecule has 0 bridgehead atoms. The average Bonchev–Trinajstić information content (AvgIpc) is 2.48. The lowest BCUT2D eigenvalue weighted by Gasteiger charge is -1.98. The molecule has 1 rings (SSSR count). The molecule has 0 atom stereocenters. The molecule has 3 heteroatoms. The van der Waals surface area contributed by atoms with Crippen LogP contribution in [-0.4, -0.2) is 17.5 Å². The second-order valence-corrected chi connectivity index (χ2v) is 3.73. The number of aliphatic imine (C=N–C) groups is 2. The fourth-order valence-electron chi connectivity index (χ4n) is 1.20. The molecule has 76 valence electrons. The number of H-pyrrole nitrogens is 1. The highest BCUT2D eigenvalue weighted by molar-refractivity contribution is 5.86. The third kappa shape index (κ3) is 2.31. The summed E-state index contributed by atoms with van der Waals surface area (Å²) in [7, 11) is 0. The molecule has 1 heterocycles. The van der Waals surface area contributed by atoms with Crippen LogP contribution in [0, 0.1) is 6.92 Å². The molecule has 0 spiro atoms. The maximum absolute atomic E-state index is 4.31. The van der Waals surface area contributed by atoms with Crippen molar-refractivity contribution in [3.63, 3.8) is 0 Å². The number of hydrogen-bond acceptors (Lipinski definition) is 1. The van der Waals surface area contributed by atoms with Crippen LogP contribution < -0.4 is 0 Å². The van der Waals surface area contributed by atoms with E-state index in [2.05, 4.69) is 41.6 Å². The molecule has 3 nitrogen and oxygen atoms in total. The Morgan fingerprint density at radius 1 is 1.50 bits per heavy atom. The van der Waals surface area contributed by atoms with Crippen molar-refractivity contribution in [1.82, 2.24) is 4.98 Å². The molecular weight excluding hydrogens is 174 g/mol. The van der Waals surface area contributed by atoms with Crippen LogP contribution in [0.3, 0.4) is 0 Å². The van der Waals surface area contributed by atoms with E-state index < -0.39 is 0 Å². The van der Waals surface area contributed by atoms with E-state index in [1.807, 2.05) is 13.8 Å². The average molecular weight is 191 g/mol. The van der Waals surface area contributed by atoms with Crippen LogP contribution in [-0.2, 0) is 0 Å². The van der Waals surface area contributed by atoms with Crippen LogP contribution in [0.4, 0.5) is 5.82 Å². The molecule has 14 heavy (non-hydrogen) atoms. The van der Waals surface area contributed by atoms with Gasteiger partial charge in [-0.15, -0.1) is 0 Å². The molecule has 0 radical (unpaired) electrons. The summed E-state index contributed by atoms with van der Waals surface area (Å²) in [5, 5.41) is 0. The van der Waals surface area contributed by atoms with Gasteiger partial charge in [0.1, 0.15) is 11.7 Å². The van der Waals surface area contributed by atoms with E-state index in [4.69, 9.17) is 0 Å². The first-order valence-corrected chi connectivity index (χ1v) is 4.76. The lowest BCUT2D eigenvalue weighted by Crippen LogP contribution is -1.86. The Labute approximate surface area is 85.0 Å². The smallest absolute Gasteiger partial charge is 0.135 e. The fourth-order valence-corrected chi connectivity index (χ4v) is 1.20. The Hall–Kier alpha value is -1.38. The maximum Gasteiger partial charge on any atom is 0.135 e. The topological polar surface area (TPSA) is 40.5 Å². The summed E-state index contributed by atoms with van der Waals surface area (Å²) in [6.07, 6.45) is 0. The molecule has 0 unspecified atom stereocenters. The van der Waals surface area contributed by atoms with Gasteiger partial charge in [-0.25, -0.2) is 9.98 Å². The molecule has 1 aromatic rings. The summed E-state index contributed by atoms with van der Waals surface area (Å²) in [4.78, 5) is 11.3. The number of amidine groups is 1. The lowest BCUT2D eigenvalue weighted by molar-refractivity contribution is 0.833. The maximum atomic E-state index is 4.31. The van der Waals surface area contributed by atoms with Gasteiger partial charge in [0.15, 0.2) is 0 Å². The van der Waals surface area contributed by atoms with Gasteiger partial charge in [-0.05, 0) is 38.1 Å².